The van der Waals surface area contributed by atoms with E-state index in [0.717, 1.165) is 34.5 Å². The molecule has 1 aliphatic heterocycles. The molecule has 4 nitrogen and oxygen atoms in total. The number of carbonyl (C=O) groups is 1. The molecule has 4 rings (SSSR count). The third kappa shape index (κ3) is 6.45. The summed E-state index contributed by atoms with van der Waals surface area (Å²) < 4.78 is 7.30. The molecule has 3 aromatic rings. The van der Waals surface area contributed by atoms with Gasteiger partial charge in [0.25, 0.3) is 5.91 Å². The van der Waals surface area contributed by atoms with Crippen LogP contribution in [0.1, 0.15) is 29.2 Å². The highest BCUT2D eigenvalue weighted by molar-refractivity contribution is 14.1. The third-order valence-electron chi connectivity index (χ3n) is 5.44. The molecule has 34 heavy (non-hydrogen) atoms. The lowest BCUT2D eigenvalue weighted by molar-refractivity contribution is -0.116. The number of hydrogen-bond donors (Lipinski definition) is 2. The second-order valence-electron chi connectivity index (χ2n) is 7.95. The van der Waals surface area contributed by atoms with Crippen LogP contribution in [0, 0.1) is 3.57 Å². The second kappa shape index (κ2) is 11.6. The highest BCUT2D eigenvalue weighted by Crippen LogP contribution is 2.31. The van der Waals surface area contributed by atoms with Gasteiger partial charge < -0.3 is 15.4 Å². The van der Waals surface area contributed by atoms with Crippen LogP contribution < -0.4 is 15.4 Å². The van der Waals surface area contributed by atoms with Crippen molar-refractivity contribution in [1.29, 1.82) is 0 Å². The van der Waals surface area contributed by atoms with Gasteiger partial charge in [0, 0.05) is 9.26 Å². The van der Waals surface area contributed by atoms with Crippen LogP contribution in [-0.2, 0) is 24.2 Å². The van der Waals surface area contributed by atoms with E-state index in [0.29, 0.717) is 17.9 Å². The van der Waals surface area contributed by atoms with Crippen molar-refractivity contribution in [3.63, 3.8) is 0 Å². The molecule has 6 heteroatoms. The molecule has 0 radical (unpaired) electrons. The molecule has 0 bridgehead atoms. The van der Waals surface area contributed by atoms with Gasteiger partial charge in [-0.3, -0.25) is 4.79 Å². The fourth-order valence-corrected chi connectivity index (χ4v) is 4.94. The summed E-state index contributed by atoms with van der Waals surface area (Å²) in [4.78, 5) is 13.2. The summed E-state index contributed by atoms with van der Waals surface area (Å²) >= 11 is 3.78. The summed E-state index contributed by atoms with van der Waals surface area (Å²) in [5, 5.41) is 6.37. The first-order chi connectivity index (χ1) is 16.5. The van der Waals surface area contributed by atoms with Crippen LogP contribution in [0.3, 0.4) is 0 Å². The van der Waals surface area contributed by atoms with Gasteiger partial charge in [0.1, 0.15) is 12.4 Å². The zero-order valence-corrected chi connectivity index (χ0v) is 22.0. The van der Waals surface area contributed by atoms with Gasteiger partial charge in [-0.15, -0.1) is 6.58 Å². The summed E-state index contributed by atoms with van der Waals surface area (Å²) in [5.74, 6) is 0.760. The first-order valence-electron chi connectivity index (χ1n) is 11.2. The van der Waals surface area contributed by atoms with Crippen molar-refractivity contribution in [2.75, 3.05) is 5.32 Å². The fraction of sp³-hybridized carbons (Fsp3) is 0.179. The summed E-state index contributed by atoms with van der Waals surface area (Å²) in [6, 6.07) is 22.6. The predicted octanol–water partition coefficient (Wildman–Crippen LogP) is 6.76. The Morgan fingerprint density at radius 2 is 1.82 bits per heavy atom. The number of benzene rings is 3. The molecule has 0 saturated carbocycles. The van der Waals surface area contributed by atoms with E-state index in [2.05, 4.69) is 89.2 Å². The number of halogens is 1. The van der Waals surface area contributed by atoms with Crippen LogP contribution in [0.5, 0.6) is 5.75 Å². The molecule has 0 aromatic heterocycles. The van der Waals surface area contributed by atoms with E-state index in [1.54, 1.807) is 0 Å². The average Bonchev–Trinajstić information content (AvgIpc) is 3.18. The first-order valence-corrected chi connectivity index (χ1v) is 13.2. The number of amides is 1. The molecular formula is C28H27IN2O2S. The molecule has 1 fully saturated rings. The van der Waals surface area contributed by atoms with Crippen molar-refractivity contribution in [3.8, 4) is 5.75 Å². The SMILES string of the molecule is C=CCc1cc(/C=C2\S[C@H](Nc3ccc(CC)cc3)NC2=O)ccc1OCc1ccc(I)cc1. The Kier molecular flexibility index (Phi) is 8.34. The van der Waals surface area contributed by atoms with Crippen molar-refractivity contribution in [2.45, 2.75) is 31.9 Å². The van der Waals surface area contributed by atoms with Crippen molar-refractivity contribution in [1.82, 2.24) is 5.32 Å². The Hall–Kier alpha value is -2.71. The summed E-state index contributed by atoms with van der Waals surface area (Å²) in [5.41, 5.74) is 5.20. The zero-order valence-electron chi connectivity index (χ0n) is 19.0. The van der Waals surface area contributed by atoms with Crippen molar-refractivity contribution in [2.24, 2.45) is 0 Å². The molecule has 1 heterocycles. The number of hydrogen-bond acceptors (Lipinski definition) is 4. The van der Waals surface area contributed by atoms with E-state index in [9.17, 15) is 4.79 Å². The normalized spacial score (nSPS) is 16.4. The molecule has 1 atom stereocenters. The van der Waals surface area contributed by atoms with Crippen LogP contribution >= 0.6 is 34.4 Å². The van der Waals surface area contributed by atoms with E-state index in [4.69, 9.17) is 4.74 Å². The molecule has 3 aromatic carbocycles. The van der Waals surface area contributed by atoms with Crippen LogP contribution in [0.4, 0.5) is 5.69 Å². The van der Waals surface area contributed by atoms with Gasteiger partial charge in [0.2, 0.25) is 0 Å². The van der Waals surface area contributed by atoms with Gasteiger partial charge in [0.15, 0.2) is 5.50 Å². The molecule has 0 spiro atoms. The molecule has 0 aliphatic carbocycles. The number of allylic oxidation sites excluding steroid dienone is 1. The van der Waals surface area contributed by atoms with Crippen LogP contribution in [-0.4, -0.2) is 11.4 Å². The van der Waals surface area contributed by atoms with Crippen molar-refractivity contribution >= 4 is 52.0 Å². The Morgan fingerprint density at radius 3 is 2.53 bits per heavy atom. The Labute approximate surface area is 219 Å². The topological polar surface area (TPSA) is 50.4 Å². The molecule has 1 saturated heterocycles. The smallest absolute Gasteiger partial charge is 0.260 e. The highest BCUT2D eigenvalue weighted by atomic mass is 127. The number of anilines is 1. The molecule has 1 aliphatic rings. The lowest BCUT2D eigenvalue weighted by Crippen LogP contribution is -2.30. The van der Waals surface area contributed by atoms with Gasteiger partial charge in [-0.05, 0) is 100 Å². The van der Waals surface area contributed by atoms with Crippen LogP contribution in [0.15, 0.2) is 84.3 Å². The predicted molar refractivity (Wildman–Crippen MR) is 151 cm³/mol. The minimum absolute atomic E-state index is 0.0722. The second-order valence-corrected chi connectivity index (χ2v) is 10.3. The Morgan fingerprint density at radius 1 is 1.09 bits per heavy atom. The average molecular weight is 583 g/mol. The lowest BCUT2D eigenvalue weighted by atomic mass is 10.1. The van der Waals surface area contributed by atoms with Gasteiger partial charge in [-0.25, -0.2) is 0 Å². The van der Waals surface area contributed by atoms with E-state index in [1.165, 1.54) is 20.9 Å². The number of rotatable bonds is 9. The quantitative estimate of drug-likeness (QED) is 0.166. The highest BCUT2D eigenvalue weighted by Gasteiger charge is 2.27. The van der Waals surface area contributed by atoms with E-state index in [-0.39, 0.29) is 11.4 Å². The van der Waals surface area contributed by atoms with E-state index < -0.39 is 0 Å². The molecule has 0 unspecified atom stereocenters. The Balaban J connectivity index is 1.44. The van der Waals surface area contributed by atoms with Gasteiger partial charge in [0.05, 0.1) is 4.91 Å². The largest absolute Gasteiger partial charge is 0.489 e. The van der Waals surface area contributed by atoms with Crippen molar-refractivity contribution in [3.05, 3.63) is 110 Å². The molecular weight excluding hydrogens is 555 g/mol. The third-order valence-corrected chi connectivity index (χ3v) is 7.19. The Bertz CT molecular complexity index is 1190. The van der Waals surface area contributed by atoms with E-state index in [1.807, 2.05) is 36.4 Å². The monoisotopic (exact) mass is 582 g/mol. The summed E-state index contributed by atoms with van der Waals surface area (Å²) in [6.07, 6.45) is 5.49. The number of ether oxygens (including phenoxy) is 1. The number of carbonyl (C=O) groups excluding carboxylic acids is 1. The summed E-state index contributed by atoms with van der Waals surface area (Å²) in [7, 11) is 0. The molecule has 1 amide bonds. The van der Waals surface area contributed by atoms with E-state index >= 15 is 0 Å². The summed E-state index contributed by atoms with van der Waals surface area (Å²) in [6.45, 7) is 6.52. The first kappa shape index (κ1) is 24.4. The van der Waals surface area contributed by atoms with Crippen LogP contribution in [0.2, 0.25) is 0 Å². The van der Waals surface area contributed by atoms with Crippen molar-refractivity contribution < 1.29 is 9.53 Å². The standard InChI is InChI=1S/C28H27IN2O2S/c1-3-5-22-16-21(10-15-25(22)33-18-20-6-11-23(29)12-7-20)17-26-27(32)31-28(34-26)30-24-13-8-19(4-2)9-14-24/h3,6-17,28,30H,1,4-5,18H2,2H3,(H,31,32)/b26-17-/t28-/m1/s1. The number of nitrogens with one attached hydrogen (secondary N) is 2. The number of aryl methyl sites for hydroxylation is 1. The van der Waals surface area contributed by atoms with Crippen LogP contribution in [0.25, 0.3) is 6.08 Å². The maximum Gasteiger partial charge on any atom is 0.260 e. The van der Waals surface area contributed by atoms with Gasteiger partial charge in [-0.1, -0.05) is 55.1 Å². The minimum atomic E-state index is -0.199. The molecule has 2 N–H and O–H groups in total. The zero-order chi connectivity index (χ0) is 23.9. The van der Waals surface area contributed by atoms with Gasteiger partial charge >= 0.3 is 0 Å². The van der Waals surface area contributed by atoms with Gasteiger partial charge in [-0.2, -0.15) is 0 Å². The maximum absolute atomic E-state index is 12.6. The maximum atomic E-state index is 12.6. The minimum Gasteiger partial charge on any atom is -0.489 e. The fourth-order valence-electron chi connectivity index (χ4n) is 3.59. The number of thioether (sulfide) groups is 1. The molecule has 174 valence electrons. The lowest BCUT2D eigenvalue weighted by Gasteiger charge is -2.13.